The van der Waals surface area contributed by atoms with Crippen molar-refractivity contribution in [1.29, 1.82) is 0 Å². The molecule has 0 spiro atoms. The van der Waals surface area contributed by atoms with E-state index in [1.165, 1.54) is 10.4 Å². The molecule has 1 saturated heterocycles. The van der Waals surface area contributed by atoms with Crippen LogP contribution in [0.5, 0.6) is 0 Å². The summed E-state index contributed by atoms with van der Waals surface area (Å²) in [7, 11) is 0. The third-order valence-electron chi connectivity index (χ3n) is 5.27. The summed E-state index contributed by atoms with van der Waals surface area (Å²) >= 11 is 7.68. The van der Waals surface area contributed by atoms with Crippen LogP contribution in [0.3, 0.4) is 0 Å². The van der Waals surface area contributed by atoms with E-state index in [1.54, 1.807) is 35.6 Å². The summed E-state index contributed by atoms with van der Waals surface area (Å²) in [5.74, 6) is 0.0774. The van der Waals surface area contributed by atoms with Crippen molar-refractivity contribution in [2.24, 2.45) is 5.92 Å². The molecule has 4 nitrogen and oxygen atoms in total. The van der Waals surface area contributed by atoms with Gasteiger partial charge in [0.15, 0.2) is 0 Å². The van der Waals surface area contributed by atoms with E-state index in [4.69, 9.17) is 11.6 Å². The van der Waals surface area contributed by atoms with Crippen LogP contribution in [-0.4, -0.2) is 41.2 Å². The quantitative estimate of drug-likeness (QED) is 0.784. The first-order valence-electron chi connectivity index (χ1n) is 9.00. The van der Waals surface area contributed by atoms with Gasteiger partial charge in [0.2, 0.25) is 5.91 Å². The molecule has 0 saturated carbocycles. The van der Waals surface area contributed by atoms with Gasteiger partial charge in [-0.2, -0.15) is 0 Å². The van der Waals surface area contributed by atoms with Gasteiger partial charge in [-0.15, -0.1) is 11.3 Å². The van der Waals surface area contributed by atoms with E-state index >= 15 is 0 Å². The number of halogens is 1. The molecule has 2 aliphatic heterocycles. The monoisotopic (exact) mass is 388 g/mol. The highest BCUT2D eigenvalue weighted by Gasteiger charge is 2.33. The predicted molar refractivity (Wildman–Crippen MR) is 104 cm³/mol. The van der Waals surface area contributed by atoms with E-state index in [1.807, 2.05) is 9.80 Å². The average Bonchev–Trinajstić information content (AvgIpc) is 3.15. The Morgan fingerprint density at radius 2 is 1.88 bits per heavy atom. The minimum Gasteiger partial charge on any atom is -0.338 e. The van der Waals surface area contributed by atoms with E-state index in [9.17, 15) is 9.59 Å². The first-order chi connectivity index (χ1) is 12.6. The Hall–Kier alpha value is -1.85. The van der Waals surface area contributed by atoms with Crippen molar-refractivity contribution < 1.29 is 9.59 Å². The summed E-state index contributed by atoms with van der Waals surface area (Å²) in [5.41, 5.74) is 1.91. The molecule has 1 aromatic heterocycles. The maximum atomic E-state index is 13.0. The number of piperidine rings is 1. The Labute approximate surface area is 162 Å². The lowest BCUT2D eigenvalue weighted by Crippen LogP contribution is -2.47. The number of rotatable bonds is 2. The van der Waals surface area contributed by atoms with E-state index in [0.717, 1.165) is 25.8 Å². The number of hydrogen-bond donors (Lipinski definition) is 0. The first kappa shape index (κ1) is 17.6. The van der Waals surface area contributed by atoms with E-state index in [-0.39, 0.29) is 17.7 Å². The Bertz CT molecular complexity index is 817. The fraction of sp³-hybridized carbons (Fsp3) is 0.400. The number of fused-ring (bicyclic) bond motifs is 1. The highest BCUT2D eigenvalue weighted by atomic mass is 35.5. The molecule has 0 radical (unpaired) electrons. The lowest BCUT2D eigenvalue weighted by Gasteiger charge is -2.36. The molecule has 4 rings (SSSR count). The zero-order chi connectivity index (χ0) is 18.1. The molecular weight excluding hydrogens is 368 g/mol. The first-order valence-corrected chi connectivity index (χ1v) is 10.3. The van der Waals surface area contributed by atoms with Gasteiger partial charge in [-0.1, -0.05) is 11.6 Å². The third kappa shape index (κ3) is 3.51. The Kier molecular flexibility index (Phi) is 5.00. The summed E-state index contributed by atoms with van der Waals surface area (Å²) in [6.07, 6.45) is 2.67. The molecule has 3 heterocycles. The fourth-order valence-electron chi connectivity index (χ4n) is 3.83. The van der Waals surface area contributed by atoms with Crippen molar-refractivity contribution in [3.8, 4) is 0 Å². The standard InChI is InChI=1S/C20H21ClN2O2S/c21-17-5-3-14(4-6-17)19(24)22-9-1-2-16(13-22)20(25)23-10-7-18-15(12-23)8-11-26-18/h3-6,8,11,16H,1-2,7,9-10,12-13H2. The predicted octanol–water partition coefficient (Wildman–Crippen LogP) is 3.84. The molecular formula is C20H21ClN2O2S. The van der Waals surface area contributed by atoms with Crippen molar-refractivity contribution in [2.45, 2.75) is 25.8 Å². The normalized spacial score (nSPS) is 20.0. The second kappa shape index (κ2) is 7.41. The van der Waals surface area contributed by atoms with E-state index < -0.39 is 0 Å². The zero-order valence-electron chi connectivity index (χ0n) is 14.5. The highest BCUT2D eigenvalue weighted by molar-refractivity contribution is 7.10. The lowest BCUT2D eigenvalue weighted by atomic mass is 9.95. The molecule has 26 heavy (non-hydrogen) atoms. The van der Waals surface area contributed by atoms with E-state index in [0.29, 0.717) is 30.2 Å². The number of benzene rings is 1. The summed E-state index contributed by atoms with van der Waals surface area (Å²) in [4.78, 5) is 30.9. The number of nitrogens with zero attached hydrogens (tertiary/aromatic N) is 2. The highest BCUT2D eigenvalue weighted by Crippen LogP contribution is 2.27. The molecule has 1 aromatic carbocycles. The maximum absolute atomic E-state index is 13.0. The number of carbonyl (C=O) groups is 2. The van der Waals surface area contributed by atoms with Crippen LogP contribution in [-0.2, 0) is 17.8 Å². The van der Waals surface area contributed by atoms with Gasteiger partial charge in [0.1, 0.15) is 0 Å². The van der Waals surface area contributed by atoms with Crippen molar-refractivity contribution in [3.05, 3.63) is 56.7 Å². The summed E-state index contributed by atoms with van der Waals surface area (Å²) in [6, 6.07) is 9.08. The Morgan fingerprint density at radius 3 is 2.69 bits per heavy atom. The van der Waals surface area contributed by atoms with Crippen LogP contribution < -0.4 is 0 Å². The van der Waals surface area contributed by atoms with Crippen LogP contribution in [0.25, 0.3) is 0 Å². The number of thiophene rings is 1. The van der Waals surface area contributed by atoms with Crippen molar-refractivity contribution >= 4 is 34.8 Å². The maximum Gasteiger partial charge on any atom is 0.253 e. The Morgan fingerprint density at radius 1 is 1.08 bits per heavy atom. The molecule has 6 heteroatoms. The van der Waals surface area contributed by atoms with Gasteiger partial charge >= 0.3 is 0 Å². The zero-order valence-corrected chi connectivity index (χ0v) is 16.1. The SMILES string of the molecule is O=C(c1ccc(Cl)cc1)N1CCCC(C(=O)N2CCc3sccc3C2)C1. The minimum absolute atomic E-state index is 0.0158. The van der Waals surface area contributed by atoms with Crippen LogP contribution in [0.4, 0.5) is 0 Å². The molecule has 2 aliphatic rings. The fourth-order valence-corrected chi connectivity index (χ4v) is 4.85. The molecule has 2 aromatic rings. The topological polar surface area (TPSA) is 40.6 Å². The van der Waals surface area contributed by atoms with Crippen LogP contribution >= 0.6 is 22.9 Å². The summed E-state index contributed by atoms with van der Waals surface area (Å²) in [6.45, 7) is 2.71. The van der Waals surface area contributed by atoms with Crippen molar-refractivity contribution in [2.75, 3.05) is 19.6 Å². The second-order valence-electron chi connectivity index (χ2n) is 6.98. The van der Waals surface area contributed by atoms with Gasteiger partial charge in [-0.05, 0) is 60.5 Å². The molecule has 0 aliphatic carbocycles. The number of hydrogen-bond acceptors (Lipinski definition) is 3. The van der Waals surface area contributed by atoms with E-state index in [2.05, 4.69) is 11.4 Å². The second-order valence-corrected chi connectivity index (χ2v) is 8.41. The van der Waals surface area contributed by atoms with Gasteiger partial charge in [-0.25, -0.2) is 0 Å². The number of amides is 2. The molecule has 2 amide bonds. The van der Waals surface area contributed by atoms with Crippen LogP contribution in [0.1, 0.15) is 33.6 Å². The smallest absolute Gasteiger partial charge is 0.253 e. The van der Waals surface area contributed by atoms with Crippen LogP contribution in [0.15, 0.2) is 35.7 Å². The number of likely N-dealkylation sites (tertiary alicyclic amines) is 1. The minimum atomic E-state index is -0.0971. The van der Waals surface area contributed by atoms with Gasteiger partial charge < -0.3 is 9.80 Å². The van der Waals surface area contributed by atoms with Crippen LogP contribution in [0, 0.1) is 5.92 Å². The molecule has 1 fully saturated rings. The van der Waals surface area contributed by atoms with Crippen molar-refractivity contribution in [3.63, 3.8) is 0 Å². The van der Waals surface area contributed by atoms with Gasteiger partial charge in [-0.3, -0.25) is 9.59 Å². The summed E-state index contributed by atoms with van der Waals surface area (Å²) in [5, 5.41) is 2.72. The van der Waals surface area contributed by atoms with Gasteiger partial charge in [0, 0.05) is 41.6 Å². The molecule has 0 bridgehead atoms. The largest absolute Gasteiger partial charge is 0.338 e. The average molecular weight is 389 g/mol. The Balaban J connectivity index is 1.42. The molecule has 1 atom stereocenters. The summed E-state index contributed by atoms with van der Waals surface area (Å²) < 4.78 is 0. The van der Waals surface area contributed by atoms with Crippen molar-refractivity contribution in [1.82, 2.24) is 9.80 Å². The molecule has 0 N–H and O–H groups in total. The van der Waals surface area contributed by atoms with Crippen LogP contribution in [0.2, 0.25) is 5.02 Å². The van der Waals surface area contributed by atoms with Gasteiger partial charge in [0.05, 0.1) is 5.92 Å². The number of carbonyl (C=O) groups excluding carboxylic acids is 2. The van der Waals surface area contributed by atoms with Gasteiger partial charge in [0.25, 0.3) is 5.91 Å². The molecule has 1 unspecified atom stereocenters. The third-order valence-corrected chi connectivity index (χ3v) is 6.54. The molecule has 136 valence electrons. The lowest BCUT2D eigenvalue weighted by molar-refractivity contribution is -0.137.